The van der Waals surface area contributed by atoms with Crippen molar-refractivity contribution in [3.63, 3.8) is 0 Å². The van der Waals surface area contributed by atoms with E-state index in [0.29, 0.717) is 11.3 Å². The number of aryl methyl sites for hydroxylation is 1. The molecule has 2 heterocycles. The number of carbonyl (C=O) groups excluding carboxylic acids is 1. The van der Waals surface area contributed by atoms with Crippen LogP contribution < -0.4 is 5.32 Å². The van der Waals surface area contributed by atoms with Crippen LogP contribution >= 0.6 is 0 Å². The smallest absolute Gasteiger partial charge is 0.341 e. The molecule has 1 aromatic rings. The van der Waals surface area contributed by atoms with E-state index in [0.717, 1.165) is 37.9 Å². The van der Waals surface area contributed by atoms with Crippen molar-refractivity contribution in [1.29, 1.82) is 0 Å². The Balaban J connectivity index is 1.90. The Kier molecular flexibility index (Phi) is 5.20. The van der Waals surface area contributed by atoms with Gasteiger partial charge in [-0.05, 0) is 58.4 Å². The van der Waals surface area contributed by atoms with Crippen LogP contribution in [-0.2, 0) is 11.3 Å². The lowest BCUT2D eigenvalue weighted by atomic mass is 9.97. The summed E-state index contributed by atoms with van der Waals surface area (Å²) in [6.07, 6.45) is 2.43. The van der Waals surface area contributed by atoms with E-state index in [1.165, 1.54) is 20.0 Å². The first-order valence-electron chi connectivity index (χ1n) is 7.18. The molecule has 5 nitrogen and oxygen atoms in total. The predicted molar refractivity (Wildman–Crippen MR) is 76.7 cm³/mol. The van der Waals surface area contributed by atoms with Crippen molar-refractivity contribution in [3.05, 3.63) is 23.2 Å². The summed E-state index contributed by atoms with van der Waals surface area (Å²) in [5.74, 6) is 1.93. The zero-order valence-electron chi connectivity index (χ0n) is 12.6. The van der Waals surface area contributed by atoms with E-state index in [2.05, 4.69) is 10.2 Å². The number of furan rings is 1. The van der Waals surface area contributed by atoms with E-state index in [9.17, 15) is 4.79 Å². The highest BCUT2D eigenvalue weighted by Gasteiger charge is 2.21. The number of methoxy groups -OCH3 is 1. The summed E-state index contributed by atoms with van der Waals surface area (Å²) in [5.41, 5.74) is 0.535. The summed E-state index contributed by atoms with van der Waals surface area (Å²) in [7, 11) is 3.40. The minimum absolute atomic E-state index is 0.328. The molecule has 1 saturated heterocycles. The molecule has 2 rings (SSSR count). The van der Waals surface area contributed by atoms with Gasteiger partial charge >= 0.3 is 5.97 Å². The lowest BCUT2D eigenvalue weighted by Gasteiger charge is -2.31. The van der Waals surface area contributed by atoms with E-state index >= 15 is 0 Å². The minimum Gasteiger partial charge on any atom is -0.465 e. The second kappa shape index (κ2) is 6.90. The van der Waals surface area contributed by atoms with Crippen molar-refractivity contribution in [1.82, 2.24) is 10.2 Å². The maximum Gasteiger partial charge on any atom is 0.341 e. The standard InChI is InChI=1S/C15H24N2O3/c1-11-14(15(18)19-3)8-13(20-11)10-17-6-4-12(5-7-17)9-16-2/h8,12,16H,4-7,9-10H2,1-3H3. The van der Waals surface area contributed by atoms with Crippen molar-refractivity contribution >= 4 is 5.97 Å². The summed E-state index contributed by atoms with van der Waals surface area (Å²) in [6, 6.07) is 1.81. The second-order valence-corrected chi connectivity index (χ2v) is 5.45. The van der Waals surface area contributed by atoms with Gasteiger partial charge in [-0.15, -0.1) is 0 Å². The topological polar surface area (TPSA) is 54.7 Å². The van der Waals surface area contributed by atoms with Gasteiger partial charge in [0.1, 0.15) is 17.1 Å². The minimum atomic E-state index is -0.328. The number of nitrogens with one attached hydrogen (secondary N) is 1. The van der Waals surface area contributed by atoms with Gasteiger partial charge in [-0.3, -0.25) is 4.90 Å². The van der Waals surface area contributed by atoms with Gasteiger partial charge in [-0.1, -0.05) is 0 Å². The fourth-order valence-electron chi connectivity index (χ4n) is 2.79. The highest BCUT2D eigenvalue weighted by molar-refractivity contribution is 5.90. The van der Waals surface area contributed by atoms with Crippen LogP contribution in [0, 0.1) is 12.8 Å². The van der Waals surface area contributed by atoms with E-state index in [-0.39, 0.29) is 5.97 Å². The van der Waals surface area contributed by atoms with Gasteiger partial charge in [0.15, 0.2) is 0 Å². The maximum absolute atomic E-state index is 11.6. The van der Waals surface area contributed by atoms with Crippen LogP contribution in [0.4, 0.5) is 0 Å². The molecular formula is C15H24N2O3. The first kappa shape index (κ1) is 15.1. The van der Waals surface area contributed by atoms with Crippen LogP contribution in [0.25, 0.3) is 0 Å². The Hall–Kier alpha value is -1.33. The SMILES string of the molecule is CNCC1CCN(Cc2cc(C(=O)OC)c(C)o2)CC1. The first-order valence-corrected chi connectivity index (χ1v) is 7.18. The van der Waals surface area contributed by atoms with Crippen LogP contribution in [0.1, 0.15) is 34.7 Å². The predicted octanol–water partition coefficient (Wildman–Crippen LogP) is 1.81. The lowest BCUT2D eigenvalue weighted by molar-refractivity contribution is 0.0599. The normalized spacial score (nSPS) is 17.4. The summed E-state index contributed by atoms with van der Waals surface area (Å²) in [4.78, 5) is 13.9. The van der Waals surface area contributed by atoms with Gasteiger partial charge in [-0.2, -0.15) is 0 Å². The molecule has 0 atom stereocenters. The maximum atomic E-state index is 11.6. The highest BCUT2D eigenvalue weighted by atomic mass is 16.5. The van der Waals surface area contributed by atoms with E-state index in [1.807, 2.05) is 7.05 Å². The molecule has 1 aliphatic heterocycles. The van der Waals surface area contributed by atoms with Crippen LogP contribution in [0.3, 0.4) is 0 Å². The molecule has 1 fully saturated rings. The second-order valence-electron chi connectivity index (χ2n) is 5.45. The molecular weight excluding hydrogens is 256 g/mol. The van der Waals surface area contributed by atoms with Crippen molar-refractivity contribution in [3.8, 4) is 0 Å². The monoisotopic (exact) mass is 280 g/mol. The average Bonchev–Trinajstić information content (AvgIpc) is 2.81. The van der Waals surface area contributed by atoms with Crippen LogP contribution in [0.5, 0.6) is 0 Å². The molecule has 0 amide bonds. The van der Waals surface area contributed by atoms with Gasteiger partial charge in [0.2, 0.25) is 0 Å². The van der Waals surface area contributed by atoms with Gasteiger partial charge in [0.05, 0.1) is 13.7 Å². The molecule has 112 valence electrons. The fraction of sp³-hybridized carbons (Fsp3) is 0.667. The average molecular weight is 280 g/mol. The van der Waals surface area contributed by atoms with Gasteiger partial charge in [-0.25, -0.2) is 4.79 Å². The molecule has 1 aliphatic rings. The van der Waals surface area contributed by atoms with Gasteiger partial charge in [0, 0.05) is 0 Å². The van der Waals surface area contributed by atoms with Crippen LogP contribution in [0.2, 0.25) is 0 Å². The Bertz CT molecular complexity index is 448. The fourth-order valence-corrected chi connectivity index (χ4v) is 2.79. The number of piperidine rings is 1. The number of ether oxygens (including phenoxy) is 1. The Morgan fingerprint density at radius 1 is 1.50 bits per heavy atom. The van der Waals surface area contributed by atoms with Crippen LogP contribution in [0.15, 0.2) is 10.5 Å². The summed E-state index contributed by atoms with van der Waals surface area (Å²) >= 11 is 0. The molecule has 0 radical (unpaired) electrons. The summed E-state index contributed by atoms with van der Waals surface area (Å²) in [6.45, 7) is 5.83. The van der Waals surface area contributed by atoms with E-state index < -0.39 is 0 Å². The molecule has 0 bridgehead atoms. The third kappa shape index (κ3) is 3.61. The largest absolute Gasteiger partial charge is 0.465 e. The highest BCUT2D eigenvalue weighted by Crippen LogP contribution is 2.21. The molecule has 0 unspecified atom stereocenters. The number of nitrogens with zero attached hydrogens (tertiary/aromatic N) is 1. The number of rotatable bonds is 5. The number of hydrogen-bond donors (Lipinski definition) is 1. The van der Waals surface area contributed by atoms with Gasteiger partial charge < -0.3 is 14.5 Å². The van der Waals surface area contributed by atoms with E-state index in [4.69, 9.17) is 9.15 Å². The number of likely N-dealkylation sites (tertiary alicyclic amines) is 1. The van der Waals surface area contributed by atoms with Crippen molar-refractivity contribution in [2.75, 3.05) is 33.8 Å². The lowest BCUT2D eigenvalue weighted by Crippen LogP contribution is -2.36. The zero-order valence-corrected chi connectivity index (χ0v) is 12.6. The Morgan fingerprint density at radius 2 is 2.20 bits per heavy atom. The molecule has 1 N–H and O–H groups in total. The third-order valence-corrected chi connectivity index (χ3v) is 3.95. The summed E-state index contributed by atoms with van der Waals surface area (Å²) in [5, 5.41) is 3.24. The van der Waals surface area contributed by atoms with E-state index in [1.54, 1.807) is 13.0 Å². The van der Waals surface area contributed by atoms with Crippen molar-refractivity contribution < 1.29 is 13.9 Å². The first-order chi connectivity index (χ1) is 9.63. The Morgan fingerprint density at radius 3 is 2.80 bits per heavy atom. The van der Waals surface area contributed by atoms with Crippen LogP contribution in [-0.4, -0.2) is 44.7 Å². The molecule has 1 aromatic heterocycles. The van der Waals surface area contributed by atoms with Crippen molar-refractivity contribution in [2.45, 2.75) is 26.3 Å². The molecule has 5 heteroatoms. The van der Waals surface area contributed by atoms with Gasteiger partial charge in [0.25, 0.3) is 0 Å². The third-order valence-electron chi connectivity index (χ3n) is 3.95. The number of esters is 1. The summed E-state index contributed by atoms with van der Waals surface area (Å²) < 4.78 is 10.4. The van der Waals surface area contributed by atoms with Crippen molar-refractivity contribution in [2.24, 2.45) is 5.92 Å². The number of carbonyl (C=O) groups is 1. The Labute approximate surface area is 120 Å². The molecule has 0 aliphatic carbocycles. The molecule has 20 heavy (non-hydrogen) atoms. The molecule has 0 saturated carbocycles. The quantitative estimate of drug-likeness (QED) is 0.834. The molecule has 0 aromatic carbocycles. The zero-order chi connectivity index (χ0) is 14.5. The molecule has 0 spiro atoms. The number of hydrogen-bond acceptors (Lipinski definition) is 5.